The SMILES string of the molecule is Cn1c(CNC(=O)c2cc(-c3ccc(Cl)cc3)nn2-c2ccccc2)n[nH]c1=S. The molecule has 0 aliphatic carbocycles. The summed E-state index contributed by atoms with van der Waals surface area (Å²) in [6.45, 7) is 0.235. The van der Waals surface area contributed by atoms with Gasteiger partial charge in [-0.05, 0) is 42.5 Å². The fourth-order valence-electron chi connectivity index (χ4n) is 2.86. The summed E-state index contributed by atoms with van der Waals surface area (Å²) >= 11 is 11.1. The molecule has 2 aromatic carbocycles. The van der Waals surface area contributed by atoms with Crippen LogP contribution in [0.4, 0.5) is 0 Å². The highest BCUT2D eigenvalue weighted by Gasteiger charge is 2.18. The largest absolute Gasteiger partial charge is 0.343 e. The van der Waals surface area contributed by atoms with Gasteiger partial charge in [-0.25, -0.2) is 4.68 Å². The molecule has 1 amide bonds. The van der Waals surface area contributed by atoms with Crippen molar-refractivity contribution < 1.29 is 4.79 Å². The second kappa shape index (κ2) is 8.02. The lowest BCUT2D eigenvalue weighted by molar-refractivity contribution is 0.0941. The number of H-pyrrole nitrogens is 1. The third-order valence-corrected chi connectivity index (χ3v) is 5.08. The van der Waals surface area contributed by atoms with Gasteiger partial charge in [0, 0.05) is 17.6 Å². The van der Waals surface area contributed by atoms with Gasteiger partial charge < -0.3 is 9.88 Å². The van der Waals surface area contributed by atoms with Gasteiger partial charge in [-0.2, -0.15) is 10.2 Å². The van der Waals surface area contributed by atoms with Crippen LogP contribution in [-0.2, 0) is 13.6 Å². The van der Waals surface area contributed by atoms with Crippen molar-refractivity contribution in [2.75, 3.05) is 0 Å². The second-order valence-corrected chi connectivity index (χ2v) is 7.18. The smallest absolute Gasteiger partial charge is 0.270 e. The molecule has 0 unspecified atom stereocenters. The number of rotatable bonds is 5. The maximum atomic E-state index is 13.0. The summed E-state index contributed by atoms with van der Waals surface area (Å²) in [6.07, 6.45) is 0. The highest BCUT2D eigenvalue weighted by Crippen LogP contribution is 2.23. The fraction of sp³-hybridized carbons (Fsp3) is 0.100. The molecule has 0 aliphatic heterocycles. The lowest BCUT2D eigenvalue weighted by Gasteiger charge is -2.08. The van der Waals surface area contributed by atoms with Gasteiger partial charge in [-0.3, -0.25) is 9.89 Å². The van der Waals surface area contributed by atoms with E-state index >= 15 is 0 Å². The molecule has 0 spiro atoms. The Balaban J connectivity index is 1.68. The zero-order valence-corrected chi connectivity index (χ0v) is 17.0. The van der Waals surface area contributed by atoms with Gasteiger partial charge in [0.05, 0.1) is 17.9 Å². The predicted octanol–water partition coefficient (Wildman–Crippen LogP) is 3.91. The maximum absolute atomic E-state index is 13.0. The van der Waals surface area contributed by atoms with Crippen LogP contribution >= 0.6 is 23.8 Å². The Morgan fingerprint density at radius 1 is 1.17 bits per heavy atom. The van der Waals surface area contributed by atoms with Gasteiger partial charge in [-0.1, -0.05) is 41.9 Å². The zero-order valence-electron chi connectivity index (χ0n) is 15.5. The van der Waals surface area contributed by atoms with Crippen LogP contribution in [0.1, 0.15) is 16.3 Å². The van der Waals surface area contributed by atoms with Crippen molar-refractivity contribution >= 4 is 29.7 Å². The monoisotopic (exact) mass is 424 g/mol. The van der Waals surface area contributed by atoms with E-state index in [0.717, 1.165) is 11.3 Å². The molecule has 0 aliphatic rings. The number of nitrogens with one attached hydrogen (secondary N) is 2. The minimum Gasteiger partial charge on any atom is -0.343 e. The molecule has 0 atom stereocenters. The Bertz CT molecular complexity index is 1210. The number of benzene rings is 2. The molecule has 0 bridgehead atoms. The van der Waals surface area contributed by atoms with Crippen molar-refractivity contribution in [1.82, 2.24) is 29.9 Å². The summed E-state index contributed by atoms with van der Waals surface area (Å²) in [5, 5.41) is 15.0. The van der Waals surface area contributed by atoms with Crippen LogP contribution in [0.25, 0.3) is 16.9 Å². The van der Waals surface area contributed by atoms with E-state index in [1.165, 1.54) is 0 Å². The minimum absolute atomic E-state index is 0.235. The second-order valence-electron chi connectivity index (χ2n) is 6.36. The molecular formula is C20H17ClN6OS. The first-order valence-corrected chi connectivity index (χ1v) is 9.61. The standard InChI is InChI=1S/C20H17ClN6OS/c1-26-18(23-24-20(26)29)12-22-19(28)17-11-16(13-7-9-14(21)10-8-13)25-27(17)15-5-3-2-4-6-15/h2-11H,12H2,1H3,(H,22,28)(H,24,29). The van der Waals surface area contributed by atoms with Crippen molar-refractivity contribution in [3.05, 3.63) is 82.0 Å². The fourth-order valence-corrected chi connectivity index (χ4v) is 3.14. The van der Waals surface area contributed by atoms with Crippen LogP contribution < -0.4 is 5.32 Å². The highest BCUT2D eigenvalue weighted by atomic mass is 35.5. The molecule has 0 fully saturated rings. The number of aromatic amines is 1. The number of carbonyl (C=O) groups is 1. The molecule has 2 N–H and O–H groups in total. The van der Waals surface area contributed by atoms with E-state index in [2.05, 4.69) is 20.6 Å². The molecule has 7 nitrogen and oxygen atoms in total. The third kappa shape index (κ3) is 3.98. The summed E-state index contributed by atoms with van der Waals surface area (Å²) in [4.78, 5) is 13.0. The molecule has 2 aromatic heterocycles. The predicted molar refractivity (Wildman–Crippen MR) is 114 cm³/mol. The lowest BCUT2D eigenvalue weighted by atomic mass is 10.1. The van der Waals surface area contributed by atoms with Crippen LogP contribution in [0.5, 0.6) is 0 Å². The average Bonchev–Trinajstić information content (AvgIpc) is 3.32. The van der Waals surface area contributed by atoms with Gasteiger partial charge in [0.1, 0.15) is 5.69 Å². The van der Waals surface area contributed by atoms with Gasteiger partial charge in [0.15, 0.2) is 10.6 Å². The van der Waals surface area contributed by atoms with Crippen LogP contribution in [-0.4, -0.2) is 30.5 Å². The van der Waals surface area contributed by atoms with Crippen molar-refractivity contribution in [2.24, 2.45) is 7.05 Å². The number of hydrogen-bond acceptors (Lipinski definition) is 4. The van der Waals surface area contributed by atoms with Gasteiger partial charge in [-0.15, -0.1) is 0 Å². The Hall–Kier alpha value is -3.23. The van der Waals surface area contributed by atoms with E-state index in [1.54, 1.807) is 34.5 Å². The van der Waals surface area contributed by atoms with Gasteiger partial charge in [0.2, 0.25) is 0 Å². The molecule has 146 valence electrons. The quantitative estimate of drug-likeness (QED) is 0.476. The molecule has 29 heavy (non-hydrogen) atoms. The summed E-state index contributed by atoms with van der Waals surface area (Å²) in [5.74, 6) is 0.363. The van der Waals surface area contributed by atoms with Crippen LogP contribution in [0, 0.1) is 4.77 Å². The molecule has 0 saturated carbocycles. The van der Waals surface area contributed by atoms with E-state index in [-0.39, 0.29) is 12.5 Å². The van der Waals surface area contributed by atoms with Crippen molar-refractivity contribution in [3.63, 3.8) is 0 Å². The van der Waals surface area contributed by atoms with E-state index in [4.69, 9.17) is 23.8 Å². The van der Waals surface area contributed by atoms with Crippen LogP contribution in [0.2, 0.25) is 5.02 Å². The number of amides is 1. The van der Waals surface area contributed by atoms with Crippen molar-refractivity contribution in [2.45, 2.75) is 6.54 Å². The summed E-state index contributed by atoms with van der Waals surface area (Å²) in [7, 11) is 1.79. The minimum atomic E-state index is -0.268. The molecule has 9 heteroatoms. The van der Waals surface area contributed by atoms with Crippen LogP contribution in [0.3, 0.4) is 0 Å². The summed E-state index contributed by atoms with van der Waals surface area (Å²) in [6, 6.07) is 18.6. The normalized spacial score (nSPS) is 10.8. The highest BCUT2D eigenvalue weighted by molar-refractivity contribution is 7.71. The Labute approximate surface area is 177 Å². The molecule has 0 saturated heterocycles. The Kier molecular flexibility index (Phi) is 5.28. The van der Waals surface area contributed by atoms with Gasteiger partial charge >= 0.3 is 0 Å². The first kappa shape index (κ1) is 19.1. The lowest BCUT2D eigenvalue weighted by Crippen LogP contribution is -2.26. The number of aromatic nitrogens is 5. The van der Waals surface area contributed by atoms with E-state index in [1.807, 2.05) is 42.5 Å². The van der Waals surface area contributed by atoms with Crippen molar-refractivity contribution in [1.29, 1.82) is 0 Å². The van der Waals surface area contributed by atoms with E-state index in [9.17, 15) is 4.79 Å². The Morgan fingerprint density at radius 2 is 1.90 bits per heavy atom. The number of halogens is 1. The van der Waals surface area contributed by atoms with Gasteiger partial charge in [0.25, 0.3) is 5.91 Å². The number of para-hydroxylation sites is 1. The average molecular weight is 425 g/mol. The zero-order chi connectivity index (χ0) is 20.4. The molecule has 4 aromatic rings. The number of carbonyl (C=O) groups excluding carboxylic acids is 1. The third-order valence-electron chi connectivity index (χ3n) is 4.46. The maximum Gasteiger partial charge on any atom is 0.270 e. The molecule has 4 rings (SSSR count). The van der Waals surface area contributed by atoms with E-state index in [0.29, 0.717) is 27.0 Å². The van der Waals surface area contributed by atoms with Crippen LogP contribution in [0.15, 0.2) is 60.7 Å². The summed E-state index contributed by atoms with van der Waals surface area (Å²) in [5.41, 5.74) is 2.75. The van der Waals surface area contributed by atoms with E-state index < -0.39 is 0 Å². The first-order chi connectivity index (χ1) is 14.0. The first-order valence-electron chi connectivity index (χ1n) is 8.83. The molecular weight excluding hydrogens is 408 g/mol. The number of nitrogens with zero attached hydrogens (tertiary/aromatic N) is 4. The topological polar surface area (TPSA) is 80.5 Å². The molecule has 2 heterocycles. The Morgan fingerprint density at radius 3 is 2.55 bits per heavy atom. The molecule has 0 radical (unpaired) electrons. The summed E-state index contributed by atoms with van der Waals surface area (Å²) < 4.78 is 3.83. The van der Waals surface area contributed by atoms with Crippen molar-refractivity contribution in [3.8, 4) is 16.9 Å². The number of hydrogen-bond donors (Lipinski definition) is 2.